The maximum Gasteiger partial charge on any atom is 0.319 e. The zero-order valence-corrected chi connectivity index (χ0v) is 10.1. The minimum Gasteiger partial charge on any atom is -0.328 e. The molecular formula is C10H20N2OS. The van der Waals surface area contributed by atoms with Gasteiger partial charge in [0, 0.05) is 37.7 Å². The highest BCUT2D eigenvalue weighted by Gasteiger charge is 2.20. The Morgan fingerprint density at radius 1 is 1.57 bits per heavy atom. The molecule has 0 saturated carbocycles. The van der Waals surface area contributed by atoms with Gasteiger partial charge in [-0.1, -0.05) is 6.92 Å². The van der Waals surface area contributed by atoms with Crippen molar-refractivity contribution in [3.05, 3.63) is 0 Å². The molecule has 0 spiro atoms. The van der Waals surface area contributed by atoms with Crippen LogP contribution in [0.2, 0.25) is 0 Å². The number of urea groups is 1. The van der Waals surface area contributed by atoms with E-state index in [1.165, 1.54) is 0 Å². The number of hydrogen-bond donors (Lipinski definition) is 0. The van der Waals surface area contributed by atoms with Crippen molar-refractivity contribution in [1.29, 1.82) is 0 Å². The van der Waals surface area contributed by atoms with Crippen molar-refractivity contribution in [2.45, 2.75) is 25.5 Å². The number of carbonyl (C=O) groups is 1. The molecule has 82 valence electrons. The van der Waals surface area contributed by atoms with E-state index in [-0.39, 0.29) is 6.03 Å². The first-order valence-corrected chi connectivity index (χ1v) is 6.31. The van der Waals surface area contributed by atoms with Crippen LogP contribution in [0.25, 0.3) is 0 Å². The number of thioether (sulfide) groups is 1. The third kappa shape index (κ3) is 3.08. The second kappa shape index (κ2) is 5.49. The fraction of sp³-hybridized carbons (Fsp3) is 0.900. The van der Waals surface area contributed by atoms with E-state index in [0.717, 1.165) is 31.8 Å². The van der Waals surface area contributed by atoms with E-state index in [1.54, 1.807) is 4.90 Å². The quantitative estimate of drug-likeness (QED) is 0.668. The molecule has 0 aromatic rings. The summed E-state index contributed by atoms with van der Waals surface area (Å²) in [5.41, 5.74) is 0. The second-order valence-corrected chi connectivity index (χ2v) is 5.30. The highest BCUT2D eigenvalue weighted by atomic mass is 32.2. The molecule has 0 aliphatic carbocycles. The zero-order valence-electron chi connectivity index (χ0n) is 9.32. The average molecular weight is 216 g/mol. The predicted octanol–water partition coefficient (Wildman–Crippen LogP) is 1.89. The van der Waals surface area contributed by atoms with Crippen molar-refractivity contribution in [1.82, 2.24) is 9.80 Å². The van der Waals surface area contributed by atoms with Crippen molar-refractivity contribution in [3.63, 3.8) is 0 Å². The van der Waals surface area contributed by atoms with Gasteiger partial charge in [-0.15, -0.1) is 0 Å². The van der Waals surface area contributed by atoms with E-state index in [0.29, 0.717) is 5.25 Å². The number of hydrogen-bond acceptors (Lipinski definition) is 2. The Morgan fingerprint density at radius 2 is 2.29 bits per heavy atom. The van der Waals surface area contributed by atoms with Gasteiger partial charge in [0.25, 0.3) is 0 Å². The lowest BCUT2D eigenvalue weighted by Crippen LogP contribution is -2.42. The van der Waals surface area contributed by atoms with Gasteiger partial charge in [0.05, 0.1) is 0 Å². The van der Waals surface area contributed by atoms with Crippen molar-refractivity contribution < 1.29 is 4.79 Å². The van der Waals surface area contributed by atoms with E-state index >= 15 is 0 Å². The molecule has 0 radical (unpaired) electrons. The molecule has 2 amide bonds. The van der Waals surface area contributed by atoms with Crippen LogP contribution in [-0.4, -0.2) is 53.5 Å². The van der Waals surface area contributed by atoms with Gasteiger partial charge in [-0.3, -0.25) is 0 Å². The molecule has 14 heavy (non-hydrogen) atoms. The molecule has 1 saturated heterocycles. The van der Waals surface area contributed by atoms with E-state index in [9.17, 15) is 4.79 Å². The fourth-order valence-corrected chi connectivity index (χ4v) is 2.47. The summed E-state index contributed by atoms with van der Waals surface area (Å²) >= 11 is 1.97. The Morgan fingerprint density at radius 3 is 2.93 bits per heavy atom. The number of rotatable bonds is 1. The molecule has 1 unspecified atom stereocenters. The molecular weight excluding hydrogens is 196 g/mol. The van der Waals surface area contributed by atoms with Gasteiger partial charge in [-0.25, -0.2) is 4.79 Å². The topological polar surface area (TPSA) is 23.6 Å². The van der Waals surface area contributed by atoms with E-state index in [4.69, 9.17) is 0 Å². The Labute approximate surface area is 90.8 Å². The predicted molar refractivity (Wildman–Crippen MR) is 61.8 cm³/mol. The number of carbonyl (C=O) groups excluding carboxylic acids is 1. The summed E-state index contributed by atoms with van der Waals surface area (Å²) in [7, 11) is 1.86. The van der Waals surface area contributed by atoms with E-state index in [2.05, 4.69) is 6.92 Å². The monoisotopic (exact) mass is 216 g/mol. The van der Waals surface area contributed by atoms with Gasteiger partial charge in [-0.2, -0.15) is 11.8 Å². The highest BCUT2D eigenvalue weighted by molar-refractivity contribution is 7.99. The highest BCUT2D eigenvalue weighted by Crippen LogP contribution is 2.19. The van der Waals surface area contributed by atoms with Gasteiger partial charge >= 0.3 is 6.03 Å². The van der Waals surface area contributed by atoms with Crippen LogP contribution in [0.5, 0.6) is 0 Å². The van der Waals surface area contributed by atoms with Crippen LogP contribution in [0, 0.1) is 0 Å². The standard InChI is InChI=1S/C10H20N2OS/c1-4-11(3)10(13)12-6-5-9(2)14-8-7-12/h9H,4-8H2,1-3H3. The molecule has 1 fully saturated rings. The first kappa shape index (κ1) is 11.7. The maximum absolute atomic E-state index is 11.8. The fourth-order valence-electron chi connectivity index (χ4n) is 1.46. The summed E-state index contributed by atoms with van der Waals surface area (Å²) in [6.45, 7) is 6.85. The van der Waals surface area contributed by atoms with Gasteiger partial charge in [0.2, 0.25) is 0 Å². The Bertz CT molecular complexity index is 199. The molecule has 1 atom stereocenters. The lowest BCUT2D eigenvalue weighted by atomic mass is 10.3. The normalized spacial score (nSPS) is 23.1. The molecule has 1 rings (SSSR count). The second-order valence-electron chi connectivity index (χ2n) is 3.75. The largest absolute Gasteiger partial charge is 0.328 e. The summed E-state index contributed by atoms with van der Waals surface area (Å²) < 4.78 is 0. The minimum absolute atomic E-state index is 0.183. The minimum atomic E-state index is 0.183. The molecule has 0 N–H and O–H groups in total. The Balaban J connectivity index is 2.47. The van der Waals surface area contributed by atoms with Crippen LogP contribution >= 0.6 is 11.8 Å². The third-order valence-corrected chi connectivity index (χ3v) is 3.86. The average Bonchev–Trinajstić information content (AvgIpc) is 2.40. The lowest BCUT2D eigenvalue weighted by molar-refractivity contribution is 0.168. The summed E-state index contributed by atoms with van der Waals surface area (Å²) in [5, 5.41) is 0.694. The molecule has 0 bridgehead atoms. The first-order valence-electron chi connectivity index (χ1n) is 5.26. The zero-order chi connectivity index (χ0) is 10.6. The van der Waals surface area contributed by atoms with Crippen LogP contribution in [0.1, 0.15) is 20.3 Å². The summed E-state index contributed by atoms with van der Waals surface area (Å²) in [5.74, 6) is 1.07. The van der Waals surface area contributed by atoms with Gasteiger partial charge in [0.1, 0.15) is 0 Å². The Hall–Kier alpha value is -0.380. The molecule has 0 aromatic heterocycles. The van der Waals surface area contributed by atoms with Gasteiger partial charge in [0.15, 0.2) is 0 Å². The third-order valence-electron chi connectivity index (χ3n) is 2.64. The molecule has 0 aromatic carbocycles. The van der Waals surface area contributed by atoms with Gasteiger partial charge < -0.3 is 9.80 Å². The summed E-state index contributed by atoms with van der Waals surface area (Å²) in [4.78, 5) is 15.6. The van der Waals surface area contributed by atoms with Crippen molar-refractivity contribution >= 4 is 17.8 Å². The molecule has 1 heterocycles. The molecule has 1 aliphatic heterocycles. The smallest absolute Gasteiger partial charge is 0.319 e. The molecule has 1 aliphatic rings. The summed E-state index contributed by atoms with van der Waals surface area (Å²) in [6.07, 6.45) is 1.12. The molecule has 4 heteroatoms. The van der Waals surface area contributed by atoms with Crippen LogP contribution in [0.4, 0.5) is 4.79 Å². The van der Waals surface area contributed by atoms with Crippen LogP contribution < -0.4 is 0 Å². The first-order chi connectivity index (χ1) is 6.65. The maximum atomic E-state index is 11.8. The van der Waals surface area contributed by atoms with Crippen LogP contribution in [0.3, 0.4) is 0 Å². The van der Waals surface area contributed by atoms with E-state index in [1.807, 2.05) is 30.6 Å². The van der Waals surface area contributed by atoms with Crippen LogP contribution in [-0.2, 0) is 0 Å². The SMILES string of the molecule is CCN(C)C(=O)N1CCSC(C)CC1. The lowest BCUT2D eigenvalue weighted by Gasteiger charge is -2.25. The van der Waals surface area contributed by atoms with Crippen molar-refractivity contribution in [3.8, 4) is 0 Å². The number of amides is 2. The van der Waals surface area contributed by atoms with Gasteiger partial charge in [-0.05, 0) is 13.3 Å². The van der Waals surface area contributed by atoms with Crippen molar-refractivity contribution in [2.24, 2.45) is 0 Å². The summed E-state index contributed by atoms with van der Waals surface area (Å²) in [6, 6.07) is 0.183. The number of nitrogens with zero attached hydrogens (tertiary/aromatic N) is 2. The van der Waals surface area contributed by atoms with Crippen molar-refractivity contribution in [2.75, 3.05) is 32.4 Å². The Kier molecular flexibility index (Phi) is 4.58. The molecule has 3 nitrogen and oxygen atoms in total. The van der Waals surface area contributed by atoms with E-state index < -0.39 is 0 Å². The van der Waals surface area contributed by atoms with Crippen LogP contribution in [0.15, 0.2) is 0 Å².